The Kier molecular flexibility index (Phi) is 4.86. The molecule has 1 unspecified atom stereocenters. The summed E-state index contributed by atoms with van der Waals surface area (Å²) >= 11 is 0. The highest BCUT2D eigenvalue weighted by Gasteiger charge is 2.23. The first-order valence-electron chi connectivity index (χ1n) is 6.19. The maximum absolute atomic E-state index is 13.0. The van der Waals surface area contributed by atoms with Gasteiger partial charge in [-0.05, 0) is 39.3 Å². The number of ether oxygens (including phenoxy) is 1. The number of amides is 1. The third-order valence-electron chi connectivity index (χ3n) is 2.92. The van der Waals surface area contributed by atoms with Crippen molar-refractivity contribution < 1.29 is 18.3 Å². The van der Waals surface area contributed by atoms with E-state index < -0.39 is 17.7 Å². The van der Waals surface area contributed by atoms with Crippen molar-refractivity contribution in [2.24, 2.45) is 0 Å². The van der Waals surface area contributed by atoms with Crippen LogP contribution in [-0.2, 0) is 4.79 Å². The topological polar surface area (TPSA) is 38.3 Å². The fraction of sp³-hybridized carbons (Fsp3) is 0.500. The smallest absolute Gasteiger partial charge is 0.261 e. The molecule has 0 aliphatic carbocycles. The van der Waals surface area contributed by atoms with Gasteiger partial charge in [-0.2, -0.15) is 0 Å². The molecule has 1 aromatic carbocycles. The van der Waals surface area contributed by atoms with Crippen molar-refractivity contribution in [3.05, 3.63) is 29.8 Å². The van der Waals surface area contributed by atoms with Gasteiger partial charge in [-0.3, -0.25) is 4.79 Å². The van der Waals surface area contributed by atoms with Crippen LogP contribution in [0.5, 0.6) is 5.75 Å². The second kappa shape index (κ2) is 5.99. The van der Waals surface area contributed by atoms with Gasteiger partial charge in [0, 0.05) is 11.6 Å². The van der Waals surface area contributed by atoms with Gasteiger partial charge in [-0.1, -0.05) is 6.92 Å². The molecule has 106 valence electrons. The Balaban J connectivity index is 2.66. The van der Waals surface area contributed by atoms with Gasteiger partial charge in [0.25, 0.3) is 5.91 Å². The summed E-state index contributed by atoms with van der Waals surface area (Å²) < 4.78 is 31.0. The largest absolute Gasteiger partial charge is 0.481 e. The van der Waals surface area contributed by atoms with Gasteiger partial charge in [0.05, 0.1) is 0 Å². The van der Waals surface area contributed by atoms with Crippen LogP contribution in [0.25, 0.3) is 0 Å². The fourth-order valence-corrected chi connectivity index (χ4v) is 1.33. The highest BCUT2D eigenvalue weighted by Crippen LogP contribution is 2.17. The van der Waals surface area contributed by atoms with Crippen molar-refractivity contribution in [3.8, 4) is 5.75 Å². The number of benzene rings is 1. The molecule has 0 fully saturated rings. The molecule has 0 heterocycles. The van der Waals surface area contributed by atoms with E-state index in [1.165, 1.54) is 6.07 Å². The molecule has 0 saturated heterocycles. The van der Waals surface area contributed by atoms with E-state index in [0.717, 1.165) is 18.6 Å². The third-order valence-corrected chi connectivity index (χ3v) is 2.92. The fourth-order valence-electron chi connectivity index (χ4n) is 1.33. The molecule has 3 nitrogen and oxygen atoms in total. The molecule has 0 bridgehead atoms. The van der Waals surface area contributed by atoms with Crippen molar-refractivity contribution in [2.75, 3.05) is 0 Å². The predicted octanol–water partition coefficient (Wildman–Crippen LogP) is 3.04. The summed E-state index contributed by atoms with van der Waals surface area (Å²) in [5, 5.41) is 2.82. The minimum atomic E-state index is -1.00. The zero-order valence-corrected chi connectivity index (χ0v) is 11.6. The molecule has 0 aliphatic rings. The molecule has 5 heteroatoms. The van der Waals surface area contributed by atoms with Crippen LogP contribution in [0.15, 0.2) is 18.2 Å². The van der Waals surface area contributed by atoms with E-state index >= 15 is 0 Å². The molecule has 0 spiro atoms. The Morgan fingerprint density at radius 3 is 2.53 bits per heavy atom. The molecule has 1 amide bonds. The van der Waals surface area contributed by atoms with E-state index in [1.54, 1.807) is 6.92 Å². The third kappa shape index (κ3) is 4.50. The highest BCUT2D eigenvalue weighted by atomic mass is 19.2. The molecule has 1 aromatic rings. The van der Waals surface area contributed by atoms with Crippen LogP contribution in [0.2, 0.25) is 0 Å². The quantitative estimate of drug-likeness (QED) is 0.894. The van der Waals surface area contributed by atoms with Crippen LogP contribution in [0, 0.1) is 11.6 Å². The van der Waals surface area contributed by atoms with Crippen molar-refractivity contribution in [3.63, 3.8) is 0 Å². The number of halogens is 2. The average molecular weight is 271 g/mol. The minimum Gasteiger partial charge on any atom is -0.481 e. The molecule has 0 aromatic heterocycles. The highest BCUT2D eigenvalue weighted by molar-refractivity contribution is 5.81. The number of nitrogens with one attached hydrogen (secondary N) is 1. The van der Waals surface area contributed by atoms with E-state index in [1.807, 2.05) is 20.8 Å². The lowest BCUT2D eigenvalue weighted by atomic mass is 10.0. The SMILES string of the molecule is CCC(C)(C)NC(=O)C(C)Oc1ccc(F)c(F)c1. The minimum absolute atomic E-state index is 0.121. The molecular formula is C14H19F2NO2. The van der Waals surface area contributed by atoms with Gasteiger partial charge in [0.2, 0.25) is 0 Å². The Morgan fingerprint density at radius 1 is 1.37 bits per heavy atom. The van der Waals surface area contributed by atoms with Crippen LogP contribution < -0.4 is 10.1 Å². The van der Waals surface area contributed by atoms with Crippen LogP contribution in [0.4, 0.5) is 8.78 Å². The first-order valence-corrected chi connectivity index (χ1v) is 6.19. The van der Waals surface area contributed by atoms with Gasteiger partial charge >= 0.3 is 0 Å². The molecule has 1 rings (SSSR count). The second-order valence-corrected chi connectivity index (χ2v) is 5.06. The van der Waals surface area contributed by atoms with Gasteiger partial charge in [0.15, 0.2) is 17.7 Å². The van der Waals surface area contributed by atoms with Crippen LogP contribution in [0.3, 0.4) is 0 Å². The molecule has 0 saturated carbocycles. The number of rotatable bonds is 5. The summed E-state index contributed by atoms with van der Waals surface area (Å²) in [7, 11) is 0. The summed E-state index contributed by atoms with van der Waals surface area (Å²) in [6, 6.07) is 3.17. The lowest BCUT2D eigenvalue weighted by Crippen LogP contribution is -2.48. The normalized spacial score (nSPS) is 12.9. The molecule has 0 aliphatic heterocycles. The van der Waals surface area contributed by atoms with E-state index in [0.29, 0.717) is 0 Å². The van der Waals surface area contributed by atoms with Gasteiger partial charge in [-0.25, -0.2) is 8.78 Å². The zero-order chi connectivity index (χ0) is 14.6. The zero-order valence-electron chi connectivity index (χ0n) is 11.6. The summed E-state index contributed by atoms with van der Waals surface area (Å²) in [4.78, 5) is 11.9. The number of carbonyl (C=O) groups is 1. The maximum atomic E-state index is 13.0. The lowest BCUT2D eigenvalue weighted by molar-refractivity contribution is -0.128. The molecule has 0 radical (unpaired) electrons. The summed E-state index contributed by atoms with van der Waals surface area (Å²) in [6.07, 6.45) is -0.00733. The molecule has 19 heavy (non-hydrogen) atoms. The van der Waals surface area contributed by atoms with Crippen molar-refractivity contribution in [1.29, 1.82) is 0 Å². The number of hydrogen-bond acceptors (Lipinski definition) is 2. The van der Waals surface area contributed by atoms with Crippen molar-refractivity contribution >= 4 is 5.91 Å². The molecular weight excluding hydrogens is 252 g/mol. The van der Waals surface area contributed by atoms with E-state index in [4.69, 9.17) is 4.74 Å². The van der Waals surface area contributed by atoms with E-state index in [-0.39, 0.29) is 17.2 Å². The van der Waals surface area contributed by atoms with Crippen LogP contribution in [0.1, 0.15) is 34.1 Å². The Labute approximate surface area is 112 Å². The maximum Gasteiger partial charge on any atom is 0.261 e. The Bertz CT molecular complexity index is 461. The van der Waals surface area contributed by atoms with Crippen molar-refractivity contribution in [2.45, 2.75) is 45.8 Å². The van der Waals surface area contributed by atoms with Crippen molar-refractivity contribution in [1.82, 2.24) is 5.32 Å². The van der Waals surface area contributed by atoms with E-state index in [9.17, 15) is 13.6 Å². The first kappa shape index (κ1) is 15.4. The summed E-state index contributed by atoms with van der Waals surface area (Å²) in [5.74, 6) is -2.12. The van der Waals surface area contributed by atoms with Gasteiger partial charge in [-0.15, -0.1) is 0 Å². The summed E-state index contributed by atoms with van der Waals surface area (Å²) in [5.41, 5.74) is -0.331. The van der Waals surface area contributed by atoms with Crippen LogP contribution in [-0.4, -0.2) is 17.6 Å². The van der Waals surface area contributed by atoms with Gasteiger partial charge < -0.3 is 10.1 Å². The molecule has 1 atom stereocenters. The standard InChI is InChI=1S/C14H19F2NO2/c1-5-14(3,4)17-13(18)9(2)19-10-6-7-11(15)12(16)8-10/h6-9H,5H2,1-4H3,(H,17,18). The Morgan fingerprint density at radius 2 is 2.00 bits per heavy atom. The van der Waals surface area contributed by atoms with E-state index in [2.05, 4.69) is 5.32 Å². The number of hydrogen-bond donors (Lipinski definition) is 1. The number of carbonyl (C=O) groups excluding carboxylic acids is 1. The first-order chi connectivity index (χ1) is 8.75. The lowest BCUT2D eigenvalue weighted by Gasteiger charge is -2.26. The predicted molar refractivity (Wildman–Crippen MR) is 69.0 cm³/mol. The van der Waals surface area contributed by atoms with Crippen LogP contribution >= 0.6 is 0 Å². The monoisotopic (exact) mass is 271 g/mol. The van der Waals surface area contributed by atoms with Gasteiger partial charge in [0.1, 0.15) is 5.75 Å². The summed E-state index contributed by atoms with van der Waals surface area (Å²) in [6.45, 7) is 7.31. The Hall–Kier alpha value is -1.65. The second-order valence-electron chi connectivity index (χ2n) is 5.06. The average Bonchev–Trinajstić information content (AvgIpc) is 2.33. The molecule has 1 N–H and O–H groups in total.